The lowest BCUT2D eigenvalue weighted by Gasteiger charge is -2.17. The second kappa shape index (κ2) is 14.9. The maximum absolute atomic E-state index is 14.4. The van der Waals surface area contributed by atoms with Gasteiger partial charge in [-0.15, -0.1) is 0 Å². The first-order valence-corrected chi connectivity index (χ1v) is 14.1. The molecule has 1 aromatic heterocycles. The molecule has 0 fully saturated rings. The number of H-pyrrole nitrogens is 1. The van der Waals surface area contributed by atoms with E-state index in [1.807, 2.05) is 54.6 Å². The van der Waals surface area contributed by atoms with Crippen molar-refractivity contribution in [2.24, 2.45) is 0 Å². The molecule has 6 heteroatoms. The smallest absolute Gasteiger partial charge is 0.216 e. The number of nitrogens with zero attached hydrogens (tertiary/aromatic N) is 1. The number of aliphatic hydroxyl groups excluding tert-OH is 1. The first-order chi connectivity index (χ1) is 19.6. The van der Waals surface area contributed by atoms with Crippen molar-refractivity contribution < 1.29 is 19.0 Å². The van der Waals surface area contributed by atoms with E-state index in [0.29, 0.717) is 30.4 Å². The standard InChI is InChI=1S/C34H37FN2O3/c1-2-30(25-12-7-6-8-13-25)33(27-18-21-32-31(24-27)34(35)37-36-32)26-16-19-29(20-17-26)40-23-10-5-3-4-9-14-28(39)15-11-22-38/h6-9,12-14,16-21,24,38H,2-5,10-11,15,22-23H2,1H3,(H,36,37)/b14-9+,33-30+. The van der Waals surface area contributed by atoms with Crippen molar-refractivity contribution in [2.75, 3.05) is 13.2 Å². The van der Waals surface area contributed by atoms with Gasteiger partial charge in [-0.3, -0.25) is 9.89 Å². The third kappa shape index (κ3) is 7.76. The van der Waals surface area contributed by atoms with Gasteiger partial charge in [0.1, 0.15) is 5.75 Å². The minimum Gasteiger partial charge on any atom is -0.494 e. The molecule has 0 saturated heterocycles. The van der Waals surface area contributed by atoms with E-state index >= 15 is 0 Å². The molecular weight excluding hydrogens is 503 g/mol. The Kier molecular flexibility index (Phi) is 10.8. The quantitative estimate of drug-likeness (QED) is 0.0913. The Balaban J connectivity index is 1.43. The number of aromatic amines is 1. The number of halogens is 1. The van der Waals surface area contributed by atoms with Gasteiger partial charge in [0, 0.05) is 13.0 Å². The van der Waals surface area contributed by atoms with E-state index in [1.165, 1.54) is 5.57 Å². The number of hydrogen-bond donors (Lipinski definition) is 2. The molecule has 0 saturated carbocycles. The summed E-state index contributed by atoms with van der Waals surface area (Å²) >= 11 is 0. The second-order valence-electron chi connectivity index (χ2n) is 9.76. The summed E-state index contributed by atoms with van der Waals surface area (Å²) in [6, 6.07) is 24.1. The largest absolute Gasteiger partial charge is 0.494 e. The summed E-state index contributed by atoms with van der Waals surface area (Å²) in [6.07, 6.45) is 9.10. The molecule has 4 aromatic rings. The molecule has 0 spiro atoms. The van der Waals surface area contributed by atoms with Gasteiger partial charge in [0.05, 0.1) is 17.5 Å². The van der Waals surface area contributed by atoms with Crippen LogP contribution in [0.5, 0.6) is 5.75 Å². The molecule has 0 bridgehead atoms. The van der Waals surface area contributed by atoms with Gasteiger partial charge in [0.15, 0.2) is 5.78 Å². The van der Waals surface area contributed by atoms with Gasteiger partial charge in [-0.2, -0.15) is 9.49 Å². The molecule has 208 valence electrons. The fourth-order valence-corrected chi connectivity index (χ4v) is 4.81. The highest BCUT2D eigenvalue weighted by Crippen LogP contribution is 2.36. The Morgan fingerprint density at radius 2 is 1.73 bits per heavy atom. The van der Waals surface area contributed by atoms with Crippen LogP contribution in [0, 0.1) is 5.95 Å². The van der Waals surface area contributed by atoms with Crippen LogP contribution in [0.25, 0.3) is 22.0 Å². The van der Waals surface area contributed by atoms with E-state index in [1.54, 1.807) is 6.08 Å². The van der Waals surface area contributed by atoms with Crippen LogP contribution >= 0.6 is 0 Å². The van der Waals surface area contributed by atoms with Crippen LogP contribution in [0.1, 0.15) is 68.6 Å². The first kappa shape index (κ1) is 29.0. The van der Waals surface area contributed by atoms with E-state index in [4.69, 9.17) is 9.84 Å². The average Bonchev–Trinajstić information content (AvgIpc) is 3.36. The van der Waals surface area contributed by atoms with E-state index in [-0.39, 0.29) is 12.4 Å². The van der Waals surface area contributed by atoms with Crippen molar-refractivity contribution in [1.82, 2.24) is 10.2 Å². The number of allylic oxidation sites excluding steroid dienone is 3. The van der Waals surface area contributed by atoms with Gasteiger partial charge < -0.3 is 9.84 Å². The molecule has 2 N–H and O–H groups in total. The van der Waals surface area contributed by atoms with E-state index in [0.717, 1.165) is 60.1 Å². The van der Waals surface area contributed by atoms with Crippen molar-refractivity contribution in [2.45, 2.75) is 51.9 Å². The Labute approximate surface area is 235 Å². The Morgan fingerprint density at radius 1 is 0.950 bits per heavy atom. The lowest BCUT2D eigenvalue weighted by Crippen LogP contribution is -1.98. The third-order valence-electron chi connectivity index (χ3n) is 6.89. The number of benzene rings is 3. The molecular formula is C34H37FN2O3. The van der Waals surface area contributed by atoms with Gasteiger partial charge in [0.25, 0.3) is 0 Å². The van der Waals surface area contributed by atoms with Crippen molar-refractivity contribution in [3.63, 3.8) is 0 Å². The molecule has 0 aliphatic rings. The lowest BCUT2D eigenvalue weighted by molar-refractivity contribution is -0.114. The number of carbonyl (C=O) groups is 1. The van der Waals surface area contributed by atoms with Crippen LogP contribution < -0.4 is 4.74 Å². The zero-order valence-electron chi connectivity index (χ0n) is 23.0. The number of nitrogens with one attached hydrogen (secondary N) is 1. The van der Waals surface area contributed by atoms with Crippen molar-refractivity contribution in [3.05, 3.63) is 108 Å². The zero-order chi connectivity index (χ0) is 28.2. The molecule has 4 rings (SSSR count). The molecule has 3 aromatic carbocycles. The Bertz CT molecular complexity index is 1440. The maximum Gasteiger partial charge on any atom is 0.216 e. The lowest BCUT2D eigenvalue weighted by atomic mass is 9.88. The van der Waals surface area contributed by atoms with Crippen LogP contribution in [-0.2, 0) is 4.79 Å². The van der Waals surface area contributed by atoms with Crippen LogP contribution in [0.4, 0.5) is 4.39 Å². The van der Waals surface area contributed by atoms with E-state index in [9.17, 15) is 9.18 Å². The molecule has 0 radical (unpaired) electrons. The van der Waals surface area contributed by atoms with Gasteiger partial charge >= 0.3 is 0 Å². The molecule has 1 heterocycles. The summed E-state index contributed by atoms with van der Waals surface area (Å²) in [5.41, 5.74) is 5.96. The van der Waals surface area contributed by atoms with Crippen molar-refractivity contribution in [1.29, 1.82) is 0 Å². The molecule has 5 nitrogen and oxygen atoms in total. The molecule has 0 atom stereocenters. The third-order valence-corrected chi connectivity index (χ3v) is 6.89. The number of aliphatic hydroxyl groups is 1. The zero-order valence-corrected chi connectivity index (χ0v) is 23.0. The van der Waals surface area contributed by atoms with Gasteiger partial charge in [0.2, 0.25) is 5.95 Å². The molecule has 40 heavy (non-hydrogen) atoms. The first-order valence-electron chi connectivity index (χ1n) is 14.1. The molecule has 0 aliphatic carbocycles. The number of carbonyl (C=O) groups excluding carboxylic acids is 1. The molecule has 0 aliphatic heterocycles. The fraction of sp³-hybridized carbons (Fsp3) is 0.294. The predicted molar refractivity (Wildman–Crippen MR) is 160 cm³/mol. The van der Waals surface area contributed by atoms with E-state index < -0.39 is 5.95 Å². The van der Waals surface area contributed by atoms with Crippen LogP contribution in [0.15, 0.2) is 84.9 Å². The van der Waals surface area contributed by atoms with Crippen molar-refractivity contribution >= 4 is 27.8 Å². The molecule has 0 unspecified atom stereocenters. The highest BCUT2D eigenvalue weighted by molar-refractivity contribution is 6.00. The second-order valence-corrected chi connectivity index (χ2v) is 9.76. The minimum absolute atomic E-state index is 0.0527. The van der Waals surface area contributed by atoms with Gasteiger partial charge in [-0.25, -0.2) is 0 Å². The van der Waals surface area contributed by atoms with Crippen molar-refractivity contribution in [3.8, 4) is 5.75 Å². The van der Waals surface area contributed by atoms with Crippen LogP contribution in [0.3, 0.4) is 0 Å². The summed E-state index contributed by atoms with van der Waals surface area (Å²) < 4.78 is 20.4. The fourth-order valence-electron chi connectivity index (χ4n) is 4.81. The number of hydrogen-bond acceptors (Lipinski definition) is 4. The monoisotopic (exact) mass is 540 g/mol. The predicted octanol–water partition coefficient (Wildman–Crippen LogP) is 7.91. The number of fused-ring (bicyclic) bond motifs is 1. The van der Waals surface area contributed by atoms with Gasteiger partial charge in [-0.05, 0) is 96.7 Å². The van der Waals surface area contributed by atoms with Gasteiger partial charge in [-0.1, -0.05) is 61.5 Å². The normalized spacial score (nSPS) is 12.2. The Morgan fingerprint density at radius 3 is 2.48 bits per heavy atom. The highest BCUT2D eigenvalue weighted by atomic mass is 19.1. The summed E-state index contributed by atoms with van der Waals surface area (Å²) in [5, 5.41) is 15.7. The molecule has 0 amide bonds. The number of rotatable bonds is 15. The summed E-state index contributed by atoms with van der Waals surface area (Å²) in [6.45, 7) is 2.82. The number of unbranched alkanes of at least 4 members (excludes halogenated alkanes) is 3. The number of ketones is 1. The summed E-state index contributed by atoms with van der Waals surface area (Å²) in [4.78, 5) is 11.6. The maximum atomic E-state index is 14.4. The minimum atomic E-state index is -0.430. The highest BCUT2D eigenvalue weighted by Gasteiger charge is 2.15. The SMILES string of the molecule is CC/C(=C(/c1ccc(OCCCCC/C=C/C(=O)CCCO)cc1)c1ccc2n[nH]c(F)c2c1)c1ccccc1. The number of ether oxygens (including phenoxy) is 1. The van der Waals surface area contributed by atoms with Crippen LogP contribution in [0.2, 0.25) is 0 Å². The van der Waals surface area contributed by atoms with Crippen LogP contribution in [-0.4, -0.2) is 34.3 Å². The summed E-state index contributed by atoms with van der Waals surface area (Å²) in [5.74, 6) is 0.453. The number of aromatic nitrogens is 2. The van der Waals surface area contributed by atoms with E-state index in [2.05, 4.69) is 41.4 Å². The summed E-state index contributed by atoms with van der Waals surface area (Å²) in [7, 11) is 0. The Hall–Kier alpha value is -4.03. The average molecular weight is 541 g/mol. The topological polar surface area (TPSA) is 75.2 Å².